The van der Waals surface area contributed by atoms with Crippen LogP contribution in [0, 0.1) is 12.0 Å². The number of nitrogens with zero attached hydrogens (tertiary/aromatic N) is 5. The quantitative estimate of drug-likeness (QED) is 0.256. The van der Waals surface area contributed by atoms with Crippen LogP contribution in [0.25, 0.3) is 15.9 Å². The number of rotatable bonds is 9. The fraction of sp³-hybridized carbons (Fsp3) is 0.452. The second-order valence-corrected chi connectivity index (χ2v) is 12.1. The van der Waals surface area contributed by atoms with E-state index in [1.807, 2.05) is 48.1 Å². The monoisotopic (exact) mass is 536 g/mol. The lowest BCUT2D eigenvalue weighted by Crippen LogP contribution is -2.45. The van der Waals surface area contributed by atoms with Gasteiger partial charge in [0.1, 0.15) is 17.8 Å². The first-order valence-electron chi connectivity index (χ1n) is 14.2. The molecule has 2 fully saturated rings. The minimum absolute atomic E-state index is 0.00652. The lowest BCUT2D eigenvalue weighted by molar-refractivity contribution is 0.102. The number of hydrogen-bond donors (Lipinski definition) is 3. The number of hydrogen-bond acceptors (Lipinski definition) is 5. The third-order valence-electron chi connectivity index (χ3n) is 8.98. The number of carbonyl (C=O) groups excluding carboxylic acids is 1. The van der Waals surface area contributed by atoms with E-state index in [4.69, 9.17) is 6.57 Å². The molecule has 6 rings (SSSR count). The van der Waals surface area contributed by atoms with E-state index in [1.54, 1.807) is 6.33 Å². The maximum atomic E-state index is 13.4. The summed E-state index contributed by atoms with van der Waals surface area (Å²) >= 11 is 0. The SMILES string of the molecule is [C-]#[N+]C1CC(Cc2nncn2C)(c2cccc(NC(=O)c3cc(CNCC4(C)CCCC4)c4[nH]ccc4n3)c2)C1. The average Bonchev–Trinajstić information content (AvgIpc) is 3.68. The van der Waals surface area contributed by atoms with Crippen LogP contribution in [0.3, 0.4) is 0 Å². The summed E-state index contributed by atoms with van der Waals surface area (Å²) in [5.74, 6) is 0.657. The summed E-state index contributed by atoms with van der Waals surface area (Å²) in [5, 5.41) is 15.0. The van der Waals surface area contributed by atoms with E-state index in [2.05, 4.69) is 48.6 Å². The molecule has 3 aromatic heterocycles. The minimum atomic E-state index is -0.237. The molecule has 0 spiro atoms. The molecule has 40 heavy (non-hydrogen) atoms. The van der Waals surface area contributed by atoms with Crippen LogP contribution in [0.1, 0.15) is 72.9 Å². The van der Waals surface area contributed by atoms with Gasteiger partial charge in [0.05, 0.1) is 11.0 Å². The highest BCUT2D eigenvalue weighted by atomic mass is 16.1. The number of pyridine rings is 1. The molecule has 0 saturated heterocycles. The molecular weight excluding hydrogens is 500 g/mol. The molecule has 1 amide bonds. The van der Waals surface area contributed by atoms with Crippen molar-refractivity contribution in [1.82, 2.24) is 30.0 Å². The van der Waals surface area contributed by atoms with Crippen molar-refractivity contribution in [2.45, 2.75) is 69.9 Å². The summed E-state index contributed by atoms with van der Waals surface area (Å²) in [6, 6.07) is 11.8. The van der Waals surface area contributed by atoms with Crippen molar-refractivity contribution in [3.05, 3.63) is 83.0 Å². The lowest BCUT2D eigenvalue weighted by atomic mass is 9.60. The maximum absolute atomic E-state index is 13.4. The van der Waals surface area contributed by atoms with Crippen LogP contribution in [0.2, 0.25) is 0 Å². The molecule has 0 bridgehead atoms. The van der Waals surface area contributed by atoms with Crippen molar-refractivity contribution in [2.24, 2.45) is 12.5 Å². The number of H-pyrrole nitrogens is 1. The van der Waals surface area contributed by atoms with Crippen LogP contribution >= 0.6 is 0 Å². The van der Waals surface area contributed by atoms with E-state index in [0.29, 0.717) is 24.1 Å². The molecule has 3 heterocycles. The predicted octanol–water partition coefficient (Wildman–Crippen LogP) is 5.18. The Kier molecular flexibility index (Phi) is 6.88. The normalized spacial score (nSPS) is 21.7. The van der Waals surface area contributed by atoms with Gasteiger partial charge in [0.2, 0.25) is 6.04 Å². The molecule has 2 aliphatic carbocycles. The Bertz CT molecular complexity index is 1570. The third-order valence-corrected chi connectivity index (χ3v) is 8.98. The summed E-state index contributed by atoms with van der Waals surface area (Å²) in [6.45, 7) is 11.5. The summed E-state index contributed by atoms with van der Waals surface area (Å²) in [5.41, 5.74) is 5.16. The van der Waals surface area contributed by atoms with Crippen LogP contribution in [0.15, 0.2) is 48.9 Å². The van der Waals surface area contributed by atoms with Gasteiger partial charge in [0.25, 0.3) is 5.91 Å². The third kappa shape index (κ3) is 5.11. The molecule has 1 aromatic carbocycles. The van der Waals surface area contributed by atoms with Crippen molar-refractivity contribution in [1.29, 1.82) is 0 Å². The van der Waals surface area contributed by atoms with Crippen LogP contribution in [0.4, 0.5) is 5.69 Å². The van der Waals surface area contributed by atoms with Gasteiger partial charge in [-0.3, -0.25) is 4.79 Å². The highest BCUT2D eigenvalue weighted by Crippen LogP contribution is 2.48. The van der Waals surface area contributed by atoms with Gasteiger partial charge >= 0.3 is 0 Å². The number of aromatic amines is 1. The average molecular weight is 537 g/mol. The largest absolute Gasteiger partial charge is 0.360 e. The number of benzene rings is 1. The number of amides is 1. The Labute approximate surface area is 234 Å². The minimum Gasteiger partial charge on any atom is -0.360 e. The van der Waals surface area contributed by atoms with Crippen molar-refractivity contribution in [3.8, 4) is 0 Å². The maximum Gasteiger partial charge on any atom is 0.274 e. The summed E-state index contributed by atoms with van der Waals surface area (Å²) in [6.07, 6.45) is 11.0. The van der Waals surface area contributed by atoms with Crippen LogP contribution in [0.5, 0.6) is 0 Å². The number of aryl methyl sites for hydroxylation is 1. The van der Waals surface area contributed by atoms with Crippen molar-refractivity contribution in [2.75, 3.05) is 11.9 Å². The molecule has 2 aliphatic rings. The standard InChI is InChI=1S/C31H36N8O/c1-30(10-4-5-11-30)19-33-18-21-13-26(37-25-9-12-34-28(21)25)29(40)36-23-8-6-7-22(14-23)31(15-24(16-31)32-2)17-27-38-35-20-39(27)3/h6-9,12-14,20,24,33-34H,4-5,10-11,15-19H2,1,3H3,(H,36,40). The Morgan fingerprint density at radius 1 is 1.23 bits per heavy atom. The first-order valence-corrected chi connectivity index (χ1v) is 14.2. The molecule has 9 heteroatoms. The Hall–Kier alpha value is -4.03. The van der Waals surface area contributed by atoms with E-state index in [1.165, 1.54) is 25.7 Å². The van der Waals surface area contributed by atoms with Gasteiger partial charge in [-0.15, -0.1) is 10.2 Å². The zero-order chi connectivity index (χ0) is 27.7. The Morgan fingerprint density at radius 2 is 2.05 bits per heavy atom. The molecule has 4 aromatic rings. The summed E-state index contributed by atoms with van der Waals surface area (Å²) in [4.78, 5) is 25.2. The highest BCUT2D eigenvalue weighted by Gasteiger charge is 2.50. The van der Waals surface area contributed by atoms with Gasteiger partial charge in [-0.05, 0) is 53.6 Å². The molecule has 0 atom stereocenters. The summed E-state index contributed by atoms with van der Waals surface area (Å²) < 4.78 is 1.93. The number of fused-ring (bicyclic) bond motifs is 1. The molecule has 9 nitrogen and oxygen atoms in total. The topological polar surface area (TPSA) is 105 Å². The number of aromatic nitrogens is 5. The lowest BCUT2D eigenvalue weighted by Gasteiger charge is -2.42. The van der Waals surface area contributed by atoms with Gasteiger partial charge in [0, 0.05) is 56.7 Å². The molecule has 0 radical (unpaired) electrons. The number of anilines is 1. The van der Waals surface area contributed by atoms with Crippen molar-refractivity contribution >= 4 is 22.6 Å². The van der Waals surface area contributed by atoms with Gasteiger partial charge in [-0.25, -0.2) is 11.6 Å². The van der Waals surface area contributed by atoms with Crippen molar-refractivity contribution < 1.29 is 4.79 Å². The van der Waals surface area contributed by atoms with Gasteiger partial charge in [0.15, 0.2) is 0 Å². The zero-order valence-electron chi connectivity index (χ0n) is 23.2. The smallest absolute Gasteiger partial charge is 0.274 e. The van der Waals surface area contributed by atoms with Crippen LogP contribution in [-0.4, -0.2) is 43.2 Å². The van der Waals surface area contributed by atoms with E-state index in [0.717, 1.165) is 53.1 Å². The second kappa shape index (κ2) is 10.5. The molecule has 3 N–H and O–H groups in total. The summed E-state index contributed by atoms with van der Waals surface area (Å²) in [7, 11) is 1.94. The molecular formula is C31H36N8O. The van der Waals surface area contributed by atoms with Crippen LogP contribution < -0.4 is 10.6 Å². The zero-order valence-corrected chi connectivity index (χ0v) is 23.2. The predicted molar refractivity (Wildman–Crippen MR) is 155 cm³/mol. The Balaban J connectivity index is 1.20. The molecule has 206 valence electrons. The first kappa shape index (κ1) is 26.2. The number of carbonyl (C=O) groups is 1. The Morgan fingerprint density at radius 3 is 2.80 bits per heavy atom. The van der Waals surface area contributed by atoms with E-state index < -0.39 is 0 Å². The van der Waals surface area contributed by atoms with E-state index in [9.17, 15) is 4.79 Å². The highest BCUT2D eigenvalue weighted by molar-refractivity contribution is 6.04. The van der Waals surface area contributed by atoms with Gasteiger partial charge in [-0.2, -0.15) is 0 Å². The molecule has 0 unspecified atom stereocenters. The fourth-order valence-corrected chi connectivity index (χ4v) is 6.58. The van der Waals surface area contributed by atoms with E-state index in [-0.39, 0.29) is 17.4 Å². The van der Waals surface area contributed by atoms with Gasteiger partial charge in [-0.1, -0.05) is 31.9 Å². The fourth-order valence-electron chi connectivity index (χ4n) is 6.58. The first-order chi connectivity index (χ1) is 19.4. The van der Waals surface area contributed by atoms with Gasteiger partial charge < -0.3 is 25.0 Å². The van der Waals surface area contributed by atoms with E-state index >= 15 is 0 Å². The van der Waals surface area contributed by atoms with Crippen molar-refractivity contribution in [3.63, 3.8) is 0 Å². The molecule has 0 aliphatic heterocycles. The second-order valence-electron chi connectivity index (χ2n) is 12.1. The molecule has 2 saturated carbocycles. The van der Waals surface area contributed by atoms with Crippen LogP contribution in [-0.2, 0) is 25.4 Å². The number of nitrogens with one attached hydrogen (secondary N) is 3.